The van der Waals surface area contributed by atoms with Gasteiger partial charge < -0.3 is 4.74 Å². The Kier molecular flexibility index (Phi) is 6.74. The average Bonchev–Trinajstić information content (AvgIpc) is 3.24. The van der Waals surface area contributed by atoms with Crippen LogP contribution in [0.15, 0.2) is 41.3 Å². The molecule has 1 saturated heterocycles. The summed E-state index contributed by atoms with van der Waals surface area (Å²) in [6, 6.07) is 10.00. The number of hydrogen-bond donors (Lipinski definition) is 1. The summed E-state index contributed by atoms with van der Waals surface area (Å²) in [5, 5.41) is 11.2. The lowest BCUT2D eigenvalue weighted by molar-refractivity contribution is -0.385. The third-order valence-corrected chi connectivity index (χ3v) is 7.20. The van der Waals surface area contributed by atoms with E-state index in [4.69, 9.17) is 4.74 Å². The molecule has 0 amide bonds. The van der Waals surface area contributed by atoms with Crippen molar-refractivity contribution in [3.05, 3.63) is 63.2 Å². The lowest BCUT2D eigenvalue weighted by Gasteiger charge is -2.28. The molecule has 3 rings (SSSR count). The van der Waals surface area contributed by atoms with Crippen LogP contribution >= 0.6 is 0 Å². The highest BCUT2D eigenvalue weighted by Crippen LogP contribution is 2.28. The van der Waals surface area contributed by atoms with Gasteiger partial charge in [0.2, 0.25) is 10.0 Å². The number of methoxy groups -OCH3 is 1. The zero-order valence-electron chi connectivity index (χ0n) is 17.4. The molecule has 0 unspecified atom stereocenters. The fourth-order valence-electron chi connectivity index (χ4n) is 3.80. The van der Waals surface area contributed by atoms with E-state index in [2.05, 4.69) is 9.62 Å². The largest absolute Gasteiger partial charge is 0.497 e. The predicted octanol–water partition coefficient (Wildman–Crippen LogP) is 3.34. The summed E-state index contributed by atoms with van der Waals surface area (Å²) < 4.78 is 34.0. The van der Waals surface area contributed by atoms with E-state index in [0.717, 1.165) is 43.3 Å². The maximum Gasteiger partial charge on any atom is 0.271 e. The minimum atomic E-state index is -3.92. The minimum Gasteiger partial charge on any atom is -0.497 e. The van der Waals surface area contributed by atoms with Gasteiger partial charge in [0.25, 0.3) is 5.69 Å². The van der Waals surface area contributed by atoms with Crippen LogP contribution in [-0.4, -0.2) is 45.0 Å². The van der Waals surface area contributed by atoms with Gasteiger partial charge in [-0.25, -0.2) is 13.1 Å². The summed E-state index contributed by atoms with van der Waals surface area (Å²) in [6.45, 7) is 5.30. The number of non-ortho nitro benzene ring substituents is 1. The van der Waals surface area contributed by atoms with Crippen LogP contribution in [0.2, 0.25) is 0 Å². The fraction of sp³-hybridized carbons (Fsp3) is 0.429. The molecule has 1 aliphatic rings. The number of nitrogens with one attached hydrogen (secondary N) is 1. The van der Waals surface area contributed by atoms with Gasteiger partial charge in [0.15, 0.2) is 0 Å². The molecule has 1 aliphatic heterocycles. The van der Waals surface area contributed by atoms with Gasteiger partial charge in [0, 0.05) is 24.7 Å². The van der Waals surface area contributed by atoms with Gasteiger partial charge in [-0.15, -0.1) is 0 Å². The Morgan fingerprint density at radius 1 is 1.17 bits per heavy atom. The molecule has 1 atom stereocenters. The van der Waals surface area contributed by atoms with E-state index in [9.17, 15) is 18.5 Å². The van der Waals surface area contributed by atoms with E-state index in [1.165, 1.54) is 6.07 Å². The van der Waals surface area contributed by atoms with Crippen molar-refractivity contribution in [3.63, 3.8) is 0 Å². The second-order valence-electron chi connectivity index (χ2n) is 7.53. The van der Waals surface area contributed by atoms with E-state index >= 15 is 0 Å². The molecule has 0 bridgehead atoms. The molecule has 1 fully saturated rings. The van der Waals surface area contributed by atoms with Gasteiger partial charge in [0.05, 0.1) is 16.9 Å². The van der Waals surface area contributed by atoms with Crippen LogP contribution in [0, 0.1) is 24.0 Å². The number of nitrogens with zero attached hydrogens (tertiary/aromatic N) is 2. The van der Waals surface area contributed by atoms with E-state index in [1.54, 1.807) is 21.0 Å². The summed E-state index contributed by atoms with van der Waals surface area (Å²) in [6.07, 6.45) is 2.14. The van der Waals surface area contributed by atoms with Gasteiger partial charge in [-0.3, -0.25) is 15.0 Å². The smallest absolute Gasteiger partial charge is 0.271 e. The molecule has 0 spiro atoms. The number of nitro benzene ring substituents is 1. The maximum absolute atomic E-state index is 13.1. The van der Waals surface area contributed by atoms with Crippen molar-refractivity contribution in [2.75, 3.05) is 26.7 Å². The molecule has 1 N–H and O–H groups in total. The van der Waals surface area contributed by atoms with Crippen molar-refractivity contribution in [1.29, 1.82) is 0 Å². The summed E-state index contributed by atoms with van der Waals surface area (Å²) in [7, 11) is -2.32. The summed E-state index contributed by atoms with van der Waals surface area (Å²) in [5.74, 6) is 0.738. The van der Waals surface area contributed by atoms with Crippen LogP contribution in [0.1, 0.15) is 35.6 Å². The first-order valence-electron chi connectivity index (χ1n) is 9.86. The second kappa shape index (κ2) is 9.11. The summed E-state index contributed by atoms with van der Waals surface area (Å²) in [4.78, 5) is 12.8. The zero-order valence-corrected chi connectivity index (χ0v) is 18.2. The topological polar surface area (TPSA) is 102 Å². The Morgan fingerprint density at radius 3 is 2.37 bits per heavy atom. The summed E-state index contributed by atoms with van der Waals surface area (Å²) in [5.41, 5.74) is 1.84. The number of benzene rings is 2. The number of ether oxygens (including phenoxy) is 1. The molecular weight excluding hydrogens is 406 g/mol. The Bertz CT molecular complexity index is 1020. The third-order valence-electron chi connectivity index (χ3n) is 5.65. The van der Waals surface area contributed by atoms with Crippen molar-refractivity contribution in [2.24, 2.45) is 0 Å². The highest BCUT2D eigenvalue weighted by molar-refractivity contribution is 7.89. The first kappa shape index (κ1) is 22.2. The van der Waals surface area contributed by atoms with Crippen LogP contribution in [0.25, 0.3) is 0 Å². The molecule has 0 radical (unpaired) electrons. The molecule has 1 heterocycles. The zero-order chi connectivity index (χ0) is 21.9. The van der Waals surface area contributed by atoms with Gasteiger partial charge >= 0.3 is 0 Å². The van der Waals surface area contributed by atoms with Crippen molar-refractivity contribution in [1.82, 2.24) is 9.62 Å². The number of rotatable bonds is 8. The van der Waals surface area contributed by atoms with Crippen LogP contribution < -0.4 is 9.46 Å². The summed E-state index contributed by atoms with van der Waals surface area (Å²) >= 11 is 0. The van der Waals surface area contributed by atoms with Crippen molar-refractivity contribution < 1.29 is 18.1 Å². The molecule has 2 aromatic rings. The highest BCUT2D eigenvalue weighted by atomic mass is 32.2. The maximum atomic E-state index is 13.1. The van der Waals surface area contributed by atoms with E-state index < -0.39 is 14.9 Å². The van der Waals surface area contributed by atoms with Crippen LogP contribution in [0.5, 0.6) is 5.75 Å². The predicted molar refractivity (Wildman–Crippen MR) is 114 cm³/mol. The normalized spacial score (nSPS) is 15.8. The molecule has 162 valence electrons. The lowest BCUT2D eigenvalue weighted by Crippen LogP contribution is -2.37. The number of aryl methyl sites for hydroxylation is 1. The van der Waals surface area contributed by atoms with Crippen molar-refractivity contribution in [3.8, 4) is 5.75 Å². The number of nitro groups is 1. The quantitative estimate of drug-likeness (QED) is 0.506. The lowest BCUT2D eigenvalue weighted by atomic mass is 10.1. The van der Waals surface area contributed by atoms with Gasteiger partial charge in [-0.05, 0) is 68.6 Å². The fourth-order valence-corrected chi connectivity index (χ4v) is 5.17. The Labute approximate surface area is 177 Å². The Hall–Kier alpha value is -2.49. The SMILES string of the molecule is COc1ccc([C@@H](CNS(=O)(=O)c2cc([N+](=O)[O-])cc(C)c2C)N2CCCC2)cc1. The molecule has 0 aromatic heterocycles. The number of sulfonamides is 1. The van der Waals surface area contributed by atoms with E-state index in [-0.39, 0.29) is 23.2 Å². The monoisotopic (exact) mass is 433 g/mol. The Morgan fingerprint density at radius 2 is 1.80 bits per heavy atom. The van der Waals surface area contributed by atoms with Gasteiger partial charge in [-0.2, -0.15) is 0 Å². The second-order valence-corrected chi connectivity index (χ2v) is 9.26. The van der Waals surface area contributed by atoms with Crippen LogP contribution in [0.4, 0.5) is 5.69 Å². The highest BCUT2D eigenvalue weighted by Gasteiger charge is 2.27. The number of likely N-dealkylation sites (tertiary alicyclic amines) is 1. The average molecular weight is 434 g/mol. The van der Waals surface area contributed by atoms with Gasteiger partial charge in [-0.1, -0.05) is 12.1 Å². The molecule has 8 nitrogen and oxygen atoms in total. The van der Waals surface area contributed by atoms with Crippen molar-refractivity contribution >= 4 is 15.7 Å². The molecular formula is C21H27N3O5S. The Balaban J connectivity index is 1.88. The third kappa shape index (κ3) is 4.80. The molecule has 0 saturated carbocycles. The standard InChI is InChI=1S/C21H27N3O5S/c1-15-12-18(24(25)26)13-21(16(15)2)30(27,28)22-14-20(23-10-4-5-11-23)17-6-8-19(29-3)9-7-17/h6-9,12-13,20,22H,4-5,10-11,14H2,1-3H3/t20-/m1/s1. The van der Waals surface area contributed by atoms with Crippen LogP contribution in [-0.2, 0) is 10.0 Å². The first-order valence-corrected chi connectivity index (χ1v) is 11.3. The molecule has 0 aliphatic carbocycles. The number of hydrogen-bond acceptors (Lipinski definition) is 6. The van der Waals surface area contributed by atoms with Gasteiger partial charge in [0.1, 0.15) is 5.75 Å². The first-order chi connectivity index (χ1) is 14.2. The molecule has 9 heteroatoms. The van der Waals surface area contributed by atoms with E-state index in [0.29, 0.717) is 11.1 Å². The van der Waals surface area contributed by atoms with Crippen LogP contribution in [0.3, 0.4) is 0 Å². The minimum absolute atomic E-state index is 0.0518. The molecule has 30 heavy (non-hydrogen) atoms. The van der Waals surface area contributed by atoms with E-state index in [1.807, 2.05) is 24.3 Å². The van der Waals surface area contributed by atoms with Crippen molar-refractivity contribution in [2.45, 2.75) is 37.6 Å². The molecule has 2 aromatic carbocycles.